The highest BCUT2D eigenvalue weighted by atomic mass is 32.2. The van der Waals surface area contributed by atoms with E-state index in [1.54, 1.807) is 0 Å². The van der Waals surface area contributed by atoms with Gasteiger partial charge in [0.05, 0.1) is 16.9 Å². The van der Waals surface area contributed by atoms with Crippen molar-refractivity contribution in [2.24, 2.45) is 0 Å². The highest BCUT2D eigenvalue weighted by Gasteiger charge is 2.52. The fraction of sp³-hybridized carbons (Fsp3) is 0.440. The van der Waals surface area contributed by atoms with Crippen LogP contribution in [0, 0.1) is 0 Å². The Balaban J connectivity index is 1.53. The molecule has 1 aliphatic heterocycles. The Kier molecular flexibility index (Phi) is 8.52. The van der Waals surface area contributed by atoms with Gasteiger partial charge < -0.3 is 14.8 Å². The van der Waals surface area contributed by atoms with Crippen molar-refractivity contribution in [1.82, 2.24) is 10.8 Å². The molecule has 3 N–H and O–H groups in total. The molecule has 0 atom stereocenters. The number of benzene rings is 2. The second-order valence-corrected chi connectivity index (χ2v) is 11.2. The zero-order valence-electron chi connectivity index (χ0n) is 20.0. The lowest BCUT2D eigenvalue weighted by molar-refractivity contribution is -0.134. The van der Waals surface area contributed by atoms with Crippen LogP contribution in [0.4, 0.5) is 0 Å². The van der Waals surface area contributed by atoms with E-state index in [-0.39, 0.29) is 36.9 Å². The molecule has 2 aromatic carbocycles. The van der Waals surface area contributed by atoms with Crippen LogP contribution in [0.1, 0.15) is 38.7 Å². The number of ether oxygens (including phenoxy) is 2. The summed E-state index contributed by atoms with van der Waals surface area (Å²) in [6.45, 7) is 4.71. The molecule has 190 valence electrons. The molecular formula is C25H32N2O7S. The van der Waals surface area contributed by atoms with Gasteiger partial charge in [-0.2, -0.15) is 0 Å². The van der Waals surface area contributed by atoms with Crippen LogP contribution in [0.15, 0.2) is 59.5 Å². The fourth-order valence-electron chi connectivity index (χ4n) is 4.03. The van der Waals surface area contributed by atoms with E-state index in [1.807, 2.05) is 44.2 Å². The Bertz CT molecular complexity index is 1110. The number of hydrogen-bond acceptors (Lipinski definition) is 7. The molecule has 3 rings (SSSR count). The number of nitrogens with one attached hydrogen (secondary N) is 2. The summed E-state index contributed by atoms with van der Waals surface area (Å²) in [4.78, 5) is 24.9. The lowest BCUT2D eigenvalue weighted by atomic mass is 9.84. The third-order valence-corrected chi connectivity index (χ3v) is 8.92. The molecular weight excluding hydrogens is 472 g/mol. The molecule has 0 saturated carbocycles. The van der Waals surface area contributed by atoms with E-state index in [0.717, 1.165) is 5.56 Å². The number of sulfone groups is 1. The van der Waals surface area contributed by atoms with Crippen molar-refractivity contribution in [3.05, 3.63) is 60.2 Å². The SMILES string of the molecule is CC(C)(C(=O)NCCCOc1ccc(S(=O)(=O)C2(C(=O)NO)CCOCC2)cc1)c1ccccc1. The third kappa shape index (κ3) is 5.66. The zero-order valence-corrected chi connectivity index (χ0v) is 20.8. The maximum Gasteiger partial charge on any atom is 0.265 e. The van der Waals surface area contributed by atoms with Gasteiger partial charge in [-0.3, -0.25) is 14.8 Å². The maximum absolute atomic E-state index is 13.3. The van der Waals surface area contributed by atoms with Gasteiger partial charge in [0.15, 0.2) is 14.6 Å². The zero-order chi connectivity index (χ0) is 25.5. The number of hydrogen-bond donors (Lipinski definition) is 3. The molecule has 0 aliphatic carbocycles. The molecule has 1 saturated heterocycles. The lowest BCUT2D eigenvalue weighted by Gasteiger charge is -2.34. The Labute approximate surface area is 205 Å². The molecule has 2 aromatic rings. The van der Waals surface area contributed by atoms with Crippen LogP contribution in [0.5, 0.6) is 5.75 Å². The molecule has 9 nitrogen and oxygen atoms in total. The molecule has 0 unspecified atom stereocenters. The molecule has 1 heterocycles. The Morgan fingerprint density at radius 3 is 2.29 bits per heavy atom. The quantitative estimate of drug-likeness (QED) is 0.257. The van der Waals surface area contributed by atoms with Crippen LogP contribution >= 0.6 is 0 Å². The predicted octanol–water partition coefficient (Wildman–Crippen LogP) is 2.38. The molecule has 0 radical (unpaired) electrons. The molecule has 0 aromatic heterocycles. The van der Waals surface area contributed by atoms with Crippen LogP contribution in [-0.2, 0) is 29.6 Å². The Hall–Kier alpha value is -2.95. The van der Waals surface area contributed by atoms with Gasteiger partial charge >= 0.3 is 0 Å². The van der Waals surface area contributed by atoms with Crippen LogP contribution < -0.4 is 15.5 Å². The highest BCUT2D eigenvalue weighted by molar-refractivity contribution is 7.93. The molecule has 35 heavy (non-hydrogen) atoms. The average molecular weight is 505 g/mol. The lowest BCUT2D eigenvalue weighted by Crippen LogP contribution is -2.54. The standard InChI is InChI=1S/C25H32N2O7S/c1-24(2,19-7-4-3-5-8-19)22(28)26-15-6-16-34-20-9-11-21(12-10-20)35(31,32)25(23(29)27-30)13-17-33-18-14-25/h3-5,7-12,30H,6,13-18H2,1-2H3,(H,26,28)(H,27,29). The first-order valence-electron chi connectivity index (χ1n) is 11.5. The molecule has 0 bridgehead atoms. The van der Waals surface area contributed by atoms with Crippen molar-refractivity contribution in [3.8, 4) is 5.75 Å². The Morgan fingerprint density at radius 2 is 1.69 bits per heavy atom. The topological polar surface area (TPSA) is 131 Å². The second kappa shape index (κ2) is 11.2. The van der Waals surface area contributed by atoms with Gasteiger partial charge in [-0.05, 0) is 62.9 Å². The normalized spacial score (nSPS) is 15.7. The average Bonchev–Trinajstić information content (AvgIpc) is 2.88. The minimum Gasteiger partial charge on any atom is -0.494 e. The molecule has 0 spiro atoms. The van der Waals surface area contributed by atoms with E-state index in [0.29, 0.717) is 25.3 Å². The first kappa shape index (κ1) is 26.7. The maximum atomic E-state index is 13.3. The van der Waals surface area contributed by atoms with Gasteiger partial charge in [0.1, 0.15) is 5.75 Å². The number of carbonyl (C=O) groups is 2. The fourth-order valence-corrected chi connectivity index (χ4v) is 5.97. The molecule has 10 heteroatoms. The summed E-state index contributed by atoms with van der Waals surface area (Å²) in [5.74, 6) is -0.571. The Morgan fingerprint density at radius 1 is 1.06 bits per heavy atom. The summed E-state index contributed by atoms with van der Waals surface area (Å²) in [5, 5.41) is 12.1. The number of rotatable bonds is 10. The minimum atomic E-state index is -4.08. The van der Waals surface area contributed by atoms with Crippen molar-refractivity contribution < 1.29 is 32.7 Å². The summed E-state index contributed by atoms with van der Waals surface area (Å²) in [6.07, 6.45) is 0.468. The van der Waals surface area contributed by atoms with Gasteiger partial charge in [-0.1, -0.05) is 30.3 Å². The minimum absolute atomic E-state index is 0.0363. The highest BCUT2D eigenvalue weighted by Crippen LogP contribution is 2.35. The van der Waals surface area contributed by atoms with E-state index in [1.165, 1.54) is 29.7 Å². The van der Waals surface area contributed by atoms with E-state index in [2.05, 4.69) is 5.32 Å². The van der Waals surface area contributed by atoms with Gasteiger partial charge in [-0.25, -0.2) is 13.9 Å². The smallest absolute Gasteiger partial charge is 0.265 e. The summed E-state index contributed by atoms with van der Waals surface area (Å²) < 4.78 is 35.6. The molecule has 1 aliphatic rings. The first-order valence-corrected chi connectivity index (χ1v) is 13.0. The van der Waals surface area contributed by atoms with Crippen LogP contribution in [0.3, 0.4) is 0 Å². The van der Waals surface area contributed by atoms with Crippen LogP contribution in [0.2, 0.25) is 0 Å². The van der Waals surface area contributed by atoms with Crippen molar-refractivity contribution in [1.29, 1.82) is 0 Å². The van der Waals surface area contributed by atoms with Gasteiger partial charge in [-0.15, -0.1) is 0 Å². The van der Waals surface area contributed by atoms with Gasteiger partial charge in [0, 0.05) is 19.8 Å². The van der Waals surface area contributed by atoms with Gasteiger partial charge in [0.25, 0.3) is 5.91 Å². The molecule has 2 amide bonds. The number of hydroxylamine groups is 1. The van der Waals surface area contributed by atoms with Crippen molar-refractivity contribution in [2.45, 2.75) is 48.2 Å². The predicted molar refractivity (Wildman–Crippen MR) is 129 cm³/mol. The van der Waals surface area contributed by atoms with Crippen LogP contribution in [0.25, 0.3) is 0 Å². The van der Waals surface area contributed by atoms with E-state index < -0.39 is 25.9 Å². The van der Waals surface area contributed by atoms with E-state index in [9.17, 15) is 18.0 Å². The third-order valence-electron chi connectivity index (χ3n) is 6.40. The monoisotopic (exact) mass is 504 g/mol. The van der Waals surface area contributed by atoms with Crippen molar-refractivity contribution in [3.63, 3.8) is 0 Å². The van der Waals surface area contributed by atoms with E-state index >= 15 is 0 Å². The second-order valence-electron chi connectivity index (χ2n) is 8.97. The summed E-state index contributed by atoms with van der Waals surface area (Å²) in [6, 6.07) is 15.4. The van der Waals surface area contributed by atoms with Gasteiger partial charge in [0.2, 0.25) is 5.91 Å². The first-order chi connectivity index (χ1) is 16.6. The molecule has 1 fully saturated rings. The number of carbonyl (C=O) groups excluding carboxylic acids is 2. The van der Waals surface area contributed by atoms with E-state index in [4.69, 9.17) is 14.7 Å². The summed E-state index contributed by atoms with van der Waals surface area (Å²) >= 11 is 0. The summed E-state index contributed by atoms with van der Waals surface area (Å²) in [5.41, 5.74) is 1.78. The van der Waals surface area contributed by atoms with Crippen molar-refractivity contribution >= 4 is 21.7 Å². The number of amides is 2. The largest absolute Gasteiger partial charge is 0.494 e. The van der Waals surface area contributed by atoms with Crippen molar-refractivity contribution in [2.75, 3.05) is 26.4 Å². The summed E-state index contributed by atoms with van der Waals surface area (Å²) in [7, 11) is -4.08. The van der Waals surface area contributed by atoms with Crippen LogP contribution in [-0.4, -0.2) is 56.6 Å².